The summed E-state index contributed by atoms with van der Waals surface area (Å²) in [7, 11) is 0. The molecule has 0 aromatic carbocycles. The van der Waals surface area contributed by atoms with Crippen LogP contribution in [0.1, 0.15) is 0 Å². The molecule has 0 saturated heterocycles. The third kappa shape index (κ3) is 60.2. The Balaban J connectivity index is -0.0000000133. The van der Waals surface area contributed by atoms with Gasteiger partial charge in [-0.2, -0.15) is 0 Å². The summed E-state index contributed by atoms with van der Waals surface area (Å²) in [5.74, 6) is 0. The predicted molar refractivity (Wildman–Crippen MR) is 23.0 cm³/mol. The van der Waals surface area contributed by atoms with Gasteiger partial charge in [-0.15, -0.1) is 0 Å². The van der Waals surface area contributed by atoms with Crippen molar-refractivity contribution in [1.82, 2.24) is 0 Å². The van der Waals surface area contributed by atoms with Gasteiger partial charge >= 0.3 is 20.0 Å². The van der Waals surface area contributed by atoms with E-state index in [9.17, 15) is 0 Å². The van der Waals surface area contributed by atoms with Crippen molar-refractivity contribution in [3.63, 3.8) is 0 Å². The first-order valence-electron chi connectivity index (χ1n) is 0.489. The van der Waals surface area contributed by atoms with Crippen LogP contribution < -0.4 is 0 Å². The van der Waals surface area contributed by atoms with Gasteiger partial charge in [-0.05, 0) is 0 Å². The summed E-state index contributed by atoms with van der Waals surface area (Å²) >= 11 is 0.611. The molecule has 0 aliphatic carbocycles. The Morgan fingerprint density at radius 1 is 1.20 bits per heavy atom. The van der Waals surface area contributed by atoms with Gasteiger partial charge in [-0.1, -0.05) is 0 Å². The molecule has 0 amide bonds. The minimum absolute atomic E-state index is 0. The molecule has 0 aromatic heterocycles. The van der Waals surface area contributed by atoms with Crippen LogP contribution in [0.5, 0.6) is 0 Å². The van der Waals surface area contributed by atoms with E-state index in [1.54, 1.807) is 0 Å². The molecule has 0 aliphatic heterocycles. The second-order valence-corrected chi connectivity index (χ2v) is 0. The Labute approximate surface area is 48.3 Å². The van der Waals surface area contributed by atoms with E-state index in [2.05, 4.69) is 0 Å². The molecule has 0 unspecified atom stereocenters. The van der Waals surface area contributed by atoms with E-state index in [1.807, 2.05) is 0 Å². The molecule has 0 fully saturated rings. The van der Waals surface area contributed by atoms with E-state index in [0.717, 1.165) is 0 Å². The summed E-state index contributed by atoms with van der Waals surface area (Å²) in [6, 6.07) is 0. The molecule has 0 saturated carbocycles. The molecule has 0 aromatic rings. The van der Waals surface area contributed by atoms with Crippen molar-refractivity contribution in [2.45, 2.75) is 0 Å². The fourth-order valence-electron chi connectivity index (χ4n) is 0. The van der Waals surface area contributed by atoms with Crippen molar-refractivity contribution in [2.24, 2.45) is 0 Å². The van der Waals surface area contributed by atoms with Gasteiger partial charge in [0.15, 0.2) is 17.4 Å². The molecule has 0 atom stereocenters. The number of rotatable bonds is 0. The van der Waals surface area contributed by atoms with Crippen molar-refractivity contribution in [3.8, 4) is 0 Å². The Hall–Kier alpha value is 0.785. The SMILES string of the molecule is OO.[AlH3].[O]=[AlH]. The van der Waals surface area contributed by atoms with E-state index in [0.29, 0.717) is 16.2 Å². The van der Waals surface area contributed by atoms with Gasteiger partial charge in [0.2, 0.25) is 0 Å². The van der Waals surface area contributed by atoms with Crippen LogP contribution in [0.3, 0.4) is 0 Å². The third-order valence-electron chi connectivity index (χ3n) is 0. The Morgan fingerprint density at radius 2 is 1.20 bits per heavy atom. The molecule has 5 heavy (non-hydrogen) atoms. The molecular formula is H6Al2O3. The maximum absolute atomic E-state index is 8.28. The third-order valence-corrected chi connectivity index (χ3v) is 0. The van der Waals surface area contributed by atoms with E-state index in [4.69, 9.17) is 14.3 Å². The fourth-order valence-corrected chi connectivity index (χ4v) is 0. The van der Waals surface area contributed by atoms with Gasteiger partial charge in [-0.25, -0.2) is 0 Å². The topological polar surface area (TPSA) is 57.5 Å². The summed E-state index contributed by atoms with van der Waals surface area (Å²) in [5, 5.41) is 12.0. The molecular weight excluding hydrogens is 102 g/mol. The zero-order valence-corrected chi connectivity index (χ0v) is 3.42. The molecule has 3 nitrogen and oxygen atoms in total. The van der Waals surface area contributed by atoms with Crippen LogP contribution in [-0.4, -0.2) is 44.1 Å². The molecule has 0 rings (SSSR count). The van der Waals surface area contributed by atoms with Crippen molar-refractivity contribution < 1.29 is 14.3 Å². The van der Waals surface area contributed by atoms with E-state index < -0.39 is 0 Å². The monoisotopic (exact) mass is 108 g/mol. The maximum atomic E-state index is 8.28. The van der Waals surface area contributed by atoms with Crippen molar-refractivity contribution in [3.05, 3.63) is 0 Å². The molecule has 0 heterocycles. The second-order valence-electron chi connectivity index (χ2n) is 0. The van der Waals surface area contributed by atoms with Gasteiger partial charge in [0.1, 0.15) is 0 Å². The molecule has 0 bridgehead atoms. The summed E-state index contributed by atoms with van der Waals surface area (Å²) in [4.78, 5) is 0. The van der Waals surface area contributed by atoms with Crippen LogP contribution in [0.4, 0.5) is 0 Å². The number of hydrogen-bond donors (Lipinski definition) is 2. The zero-order valence-electron chi connectivity index (χ0n) is 2.01. The molecule has 0 spiro atoms. The Bertz CT molecular complexity index is 4.85. The van der Waals surface area contributed by atoms with Gasteiger partial charge < -0.3 is 0 Å². The van der Waals surface area contributed by atoms with Crippen LogP contribution >= 0.6 is 0 Å². The average molecular weight is 108 g/mol. The summed E-state index contributed by atoms with van der Waals surface area (Å²) in [6.45, 7) is 0. The molecule has 0 radical (unpaired) electrons. The van der Waals surface area contributed by atoms with Gasteiger partial charge in [0.05, 0.1) is 0 Å². The first kappa shape index (κ1) is 17.1. The molecule has 0 aliphatic rings. The standard InChI is InChI=1S/2Al.H2O2.O.4H/c;;1-2;;;;;/h;;1-2H;;;;;. The van der Waals surface area contributed by atoms with E-state index in [1.165, 1.54) is 0 Å². The van der Waals surface area contributed by atoms with Gasteiger partial charge in [0, 0.05) is 0 Å². The summed E-state index contributed by atoms with van der Waals surface area (Å²) in [5.41, 5.74) is 0. The minimum atomic E-state index is 0. The molecule has 30 valence electrons. The van der Waals surface area contributed by atoms with Crippen LogP contribution in [0, 0.1) is 0 Å². The van der Waals surface area contributed by atoms with Crippen molar-refractivity contribution in [2.75, 3.05) is 0 Å². The number of hydrogen-bond acceptors (Lipinski definition) is 3. The van der Waals surface area contributed by atoms with Crippen molar-refractivity contribution >= 4 is 33.6 Å². The van der Waals surface area contributed by atoms with Crippen LogP contribution in [-0.2, 0) is 3.80 Å². The fraction of sp³-hybridized carbons (Fsp3) is 0. The van der Waals surface area contributed by atoms with Gasteiger partial charge in [0.25, 0.3) is 0 Å². The summed E-state index contributed by atoms with van der Waals surface area (Å²) in [6.07, 6.45) is 0. The quantitative estimate of drug-likeness (QED) is 0.216. The molecule has 5 heteroatoms. The summed E-state index contributed by atoms with van der Waals surface area (Å²) < 4.78 is 8.28. The van der Waals surface area contributed by atoms with E-state index >= 15 is 0 Å². The Kier molecular flexibility index (Phi) is 380. The predicted octanol–water partition coefficient (Wildman–Crippen LogP) is -1.93. The van der Waals surface area contributed by atoms with Crippen LogP contribution in [0.2, 0.25) is 0 Å². The Morgan fingerprint density at radius 3 is 1.20 bits per heavy atom. The first-order chi connectivity index (χ1) is 2.00. The van der Waals surface area contributed by atoms with Crippen molar-refractivity contribution in [1.29, 1.82) is 0 Å². The van der Waals surface area contributed by atoms with Gasteiger partial charge in [-0.3, -0.25) is 10.5 Å². The first-order valence-corrected chi connectivity index (χ1v) is 1.07. The zero-order chi connectivity index (χ0) is 4.00. The average Bonchev–Trinajstić information content (AvgIpc) is 1.50. The van der Waals surface area contributed by atoms with Crippen LogP contribution in [0.25, 0.3) is 0 Å². The normalized spacial score (nSPS) is 1.80. The molecule has 2 N–H and O–H groups in total. The second kappa shape index (κ2) is 111. The van der Waals surface area contributed by atoms with E-state index in [-0.39, 0.29) is 17.4 Å². The van der Waals surface area contributed by atoms with Crippen LogP contribution in [0.15, 0.2) is 0 Å².